The summed E-state index contributed by atoms with van der Waals surface area (Å²) in [5.41, 5.74) is 1.20. The first-order valence-corrected chi connectivity index (χ1v) is 7.27. The summed E-state index contributed by atoms with van der Waals surface area (Å²) < 4.78 is 25.4. The third kappa shape index (κ3) is 2.37. The van der Waals surface area contributed by atoms with Crippen LogP contribution in [0.2, 0.25) is 0 Å². The zero-order valence-corrected chi connectivity index (χ0v) is 11.2. The number of benzene rings is 2. The van der Waals surface area contributed by atoms with Gasteiger partial charge in [0.1, 0.15) is 0 Å². The second-order valence-corrected chi connectivity index (χ2v) is 5.87. The molecule has 2 rings (SSSR count). The van der Waals surface area contributed by atoms with E-state index in [0.29, 0.717) is 11.1 Å². The number of hydrogen-bond acceptors (Lipinski definition) is 2. The van der Waals surface area contributed by atoms with Crippen molar-refractivity contribution >= 4 is 22.0 Å². The predicted octanol–water partition coefficient (Wildman–Crippen LogP) is 3.81. The summed E-state index contributed by atoms with van der Waals surface area (Å²) >= 11 is 0. The molecule has 2 aromatic rings. The van der Waals surface area contributed by atoms with Gasteiger partial charge in [0.15, 0.2) is 0 Å². The molecule has 0 bridgehead atoms. The first kappa shape index (κ1) is 13.3. The van der Waals surface area contributed by atoms with Crippen LogP contribution in [0.4, 0.5) is 0 Å². The van der Waals surface area contributed by atoms with E-state index in [-0.39, 0.29) is 9.79 Å². The highest BCUT2D eigenvalue weighted by Crippen LogP contribution is 2.27. The highest BCUT2D eigenvalue weighted by atomic mass is 32.2. The van der Waals surface area contributed by atoms with E-state index in [9.17, 15) is 8.42 Å². The minimum atomic E-state index is -3.57. The normalized spacial score (nSPS) is 10.9. The molecule has 0 aromatic heterocycles. The van der Waals surface area contributed by atoms with E-state index in [4.69, 9.17) is 0 Å². The van der Waals surface area contributed by atoms with E-state index in [2.05, 4.69) is 13.2 Å². The van der Waals surface area contributed by atoms with Gasteiger partial charge in [0.25, 0.3) is 0 Å². The molecule has 0 radical (unpaired) electrons. The van der Waals surface area contributed by atoms with E-state index < -0.39 is 9.84 Å². The zero-order valence-electron chi connectivity index (χ0n) is 10.4. The van der Waals surface area contributed by atoms with Crippen LogP contribution in [0, 0.1) is 0 Å². The summed E-state index contributed by atoms with van der Waals surface area (Å²) in [5.74, 6) is 0. The highest BCUT2D eigenvalue weighted by molar-refractivity contribution is 7.91. The SMILES string of the molecule is C=Cc1ccccc1S(=O)(=O)c1ccccc1C=C. The van der Waals surface area contributed by atoms with Crippen molar-refractivity contribution in [1.29, 1.82) is 0 Å². The molecule has 2 nitrogen and oxygen atoms in total. The van der Waals surface area contributed by atoms with Crippen molar-refractivity contribution in [1.82, 2.24) is 0 Å². The third-order valence-electron chi connectivity index (χ3n) is 2.86. The molecule has 3 heteroatoms. The van der Waals surface area contributed by atoms with Crippen molar-refractivity contribution in [3.05, 3.63) is 72.8 Å². The Kier molecular flexibility index (Phi) is 3.67. The van der Waals surface area contributed by atoms with Gasteiger partial charge in [-0.05, 0) is 23.3 Å². The summed E-state index contributed by atoms with van der Waals surface area (Å²) in [7, 11) is -3.57. The summed E-state index contributed by atoms with van der Waals surface area (Å²) in [4.78, 5) is 0.526. The average molecular weight is 270 g/mol. The van der Waals surface area contributed by atoms with Crippen LogP contribution in [0.1, 0.15) is 11.1 Å². The van der Waals surface area contributed by atoms with Gasteiger partial charge in [0, 0.05) is 0 Å². The Bertz CT molecular complexity index is 670. The van der Waals surface area contributed by atoms with Crippen LogP contribution in [0.25, 0.3) is 12.2 Å². The Morgan fingerprint density at radius 1 is 0.737 bits per heavy atom. The molecular formula is C16H14O2S. The Morgan fingerprint density at radius 2 is 1.11 bits per heavy atom. The van der Waals surface area contributed by atoms with Crippen molar-refractivity contribution in [3.63, 3.8) is 0 Å². The monoisotopic (exact) mass is 270 g/mol. The molecule has 0 aliphatic rings. The van der Waals surface area contributed by atoms with E-state index in [0.717, 1.165) is 0 Å². The molecule has 0 fully saturated rings. The van der Waals surface area contributed by atoms with Gasteiger partial charge in [0.05, 0.1) is 9.79 Å². The fraction of sp³-hybridized carbons (Fsp3) is 0. The lowest BCUT2D eigenvalue weighted by Gasteiger charge is -2.10. The molecule has 96 valence electrons. The van der Waals surface area contributed by atoms with Gasteiger partial charge < -0.3 is 0 Å². The quantitative estimate of drug-likeness (QED) is 0.846. The predicted molar refractivity (Wildman–Crippen MR) is 78.5 cm³/mol. The molecule has 0 amide bonds. The van der Waals surface area contributed by atoms with Crippen LogP contribution in [0.3, 0.4) is 0 Å². The fourth-order valence-electron chi connectivity index (χ4n) is 1.91. The molecule has 0 N–H and O–H groups in total. The third-order valence-corrected chi connectivity index (χ3v) is 4.76. The topological polar surface area (TPSA) is 34.1 Å². The zero-order chi connectivity index (χ0) is 13.9. The van der Waals surface area contributed by atoms with Gasteiger partial charge in [-0.1, -0.05) is 61.7 Å². The van der Waals surface area contributed by atoms with Gasteiger partial charge in [-0.15, -0.1) is 0 Å². The lowest BCUT2D eigenvalue weighted by molar-refractivity contribution is 0.596. The second-order valence-electron chi connectivity index (χ2n) is 3.99. The lowest BCUT2D eigenvalue weighted by Crippen LogP contribution is -2.05. The lowest BCUT2D eigenvalue weighted by atomic mass is 10.2. The van der Waals surface area contributed by atoms with Crippen LogP contribution in [0.5, 0.6) is 0 Å². The minimum Gasteiger partial charge on any atom is -0.218 e. The van der Waals surface area contributed by atoms with E-state index >= 15 is 0 Å². The van der Waals surface area contributed by atoms with E-state index in [1.807, 2.05) is 0 Å². The van der Waals surface area contributed by atoms with Gasteiger partial charge in [-0.2, -0.15) is 0 Å². The van der Waals surface area contributed by atoms with Crippen molar-refractivity contribution in [2.45, 2.75) is 9.79 Å². The molecule has 0 aliphatic heterocycles. The summed E-state index contributed by atoms with van der Waals surface area (Å²) in [5, 5.41) is 0. The van der Waals surface area contributed by atoms with Crippen LogP contribution in [0.15, 0.2) is 71.5 Å². The molecule has 0 saturated carbocycles. The van der Waals surface area contributed by atoms with Crippen LogP contribution >= 0.6 is 0 Å². The molecule has 0 saturated heterocycles. The van der Waals surface area contributed by atoms with Crippen LogP contribution in [-0.4, -0.2) is 8.42 Å². The largest absolute Gasteiger partial charge is 0.218 e. The Balaban J connectivity index is 2.73. The van der Waals surface area contributed by atoms with Gasteiger partial charge in [-0.3, -0.25) is 0 Å². The van der Waals surface area contributed by atoms with Crippen LogP contribution in [-0.2, 0) is 9.84 Å². The fourth-order valence-corrected chi connectivity index (χ4v) is 3.58. The molecule has 2 aromatic carbocycles. The first-order valence-electron chi connectivity index (χ1n) is 5.79. The second kappa shape index (κ2) is 5.24. The van der Waals surface area contributed by atoms with Crippen molar-refractivity contribution in [2.75, 3.05) is 0 Å². The standard InChI is InChI=1S/C16H14O2S/c1-3-13-9-5-7-11-15(13)19(17,18)16-12-8-6-10-14(16)4-2/h3-12H,1-2H2. The number of rotatable bonds is 4. The van der Waals surface area contributed by atoms with Crippen molar-refractivity contribution in [3.8, 4) is 0 Å². The molecular weight excluding hydrogens is 256 g/mol. The molecule has 0 atom stereocenters. The summed E-state index contributed by atoms with van der Waals surface area (Å²) in [6.07, 6.45) is 3.09. The highest BCUT2D eigenvalue weighted by Gasteiger charge is 2.21. The number of sulfone groups is 1. The van der Waals surface area contributed by atoms with Gasteiger partial charge in [-0.25, -0.2) is 8.42 Å². The number of hydrogen-bond donors (Lipinski definition) is 0. The summed E-state index contributed by atoms with van der Waals surface area (Å²) in [6.45, 7) is 7.31. The molecule has 0 unspecified atom stereocenters. The van der Waals surface area contributed by atoms with E-state index in [1.54, 1.807) is 60.7 Å². The van der Waals surface area contributed by atoms with Crippen LogP contribution < -0.4 is 0 Å². The average Bonchev–Trinajstić information content (AvgIpc) is 2.47. The smallest absolute Gasteiger partial charge is 0.207 e. The minimum absolute atomic E-state index is 0.263. The van der Waals surface area contributed by atoms with Gasteiger partial charge in [0.2, 0.25) is 9.84 Å². The first-order chi connectivity index (χ1) is 9.11. The summed E-state index contributed by atoms with van der Waals surface area (Å²) in [6, 6.07) is 13.6. The van der Waals surface area contributed by atoms with E-state index in [1.165, 1.54) is 0 Å². The Hall–Kier alpha value is -2.13. The maximum absolute atomic E-state index is 12.7. The molecule has 0 aliphatic carbocycles. The molecule has 19 heavy (non-hydrogen) atoms. The van der Waals surface area contributed by atoms with Gasteiger partial charge >= 0.3 is 0 Å². The molecule has 0 spiro atoms. The maximum Gasteiger partial charge on any atom is 0.207 e. The molecule has 0 heterocycles. The Morgan fingerprint density at radius 3 is 1.47 bits per heavy atom. The Labute approximate surface area is 113 Å². The maximum atomic E-state index is 12.7. The van der Waals surface area contributed by atoms with Crippen molar-refractivity contribution in [2.24, 2.45) is 0 Å². The van der Waals surface area contributed by atoms with Crippen molar-refractivity contribution < 1.29 is 8.42 Å².